The lowest BCUT2D eigenvalue weighted by Crippen LogP contribution is -2.20. The van der Waals surface area contributed by atoms with Crippen molar-refractivity contribution >= 4 is 27.5 Å². The number of hydrogen-bond donors (Lipinski definition) is 1. The minimum atomic E-state index is -0.172. The first kappa shape index (κ1) is 17.5. The zero-order valence-electron chi connectivity index (χ0n) is 13.7. The molecular formula is C19H22BrNO2. The summed E-state index contributed by atoms with van der Waals surface area (Å²) in [5.41, 5.74) is 3.20. The Balaban J connectivity index is 1.89. The Morgan fingerprint density at radius 3 is 2.52 bits per heavy atom. The zero-order chi connectivity index (χ0) is 16.8. The van der Waals surface area contributed by atoms with Crippen LogP contribution in [0.2, 0.25) is 0 Å². The summed E-state index contributed by atoms with van der Waals surface area (Å²) in [6.45, 7) is 6.35. The third-order valence-corrected chi connectivity index (χ3v) is 4.44. The second-order valence-electron chi connectivity index (χ2n) is 5.70. The average molecular weight is 376 g/mol. The van der Waals surface area contributed by atoms with E-state index in [2.05, 4.69) is 47.2 Å². The van der Waals surface area contributed by atoms with E-state index in [4.69, 9.17) is 4.74 Å². The highest BCUT2D eigenvalue weighted by Gasteiger charge is 2.07. The molecule has 0 saturated heterocycles. The molecule has 23 heavy (non-hydrogen) atoms. The lowest BCUT2D eigenvalue weighted by Gasteiger charge is -2.11. The summed E-state index contributed by atoms with van der Waals surface area (Å²) in [5.74, 6) is 1.02. The molecule has 2 rings (SSSR count). The van der Waals surface area contributed by atoms with E-state index in [1.165, 1.54) is 5.56 Å². The second-order valence-corrected chi connectivity index (χ2v) is 6.56. The number of rotatable bonds is 6. The molecule has 2 aromatic rings. The van der Waals surface area contributed by atoms with E-state index >= 15 is 0 Å². The summed E-state index contributed by atoms with van der Waals surface area (Å²) in [4.78, 5) is 12.0. The summed E-state index contributed by atoms with van der Waals surface area (Å²) in [6, 6.07) is 13.7. The van der Waals surface area contributed by atoms with Gasteiger partial charge in [0.05, 0.1) is 4.47 Å². The van der Waals surface area contributed by atoms with E-state index in [1.54, 1.807) is 0 Å². The molecule has 0 aromatic heterocycles. The van der Waals surface area contributed by atoms with Crippen LogP contribution in [0.15, 0.2) is 46.9 Å². The molecule has 4 heteroatoms. The second kappa shape index (κ2) is 8.16. The Hall–Kier alpha value is -1.81. The quantitative estimate of drug-likeness (QED) is 0.744. The van der Waals surface area contributed by atoms with Gasteiger partial charge in [0, 0.05) is 5.69 Å². The molecule has 0 radical (unpaired) electrons. The molecule has 0 aliphatic carbocycles. The van der Waals surface area contributed by atoms with Gasteiger partial charge in [-0.3, -0.25) is 4.79 Å². The molecule has 3 nitrogen and oxygen atoms in total. The SMILES string of the molecule is CCC(C)c1ccc(NC(=O)COc2ccc(C)cc2Br)cc1. The van der Waals surface area contributed by atoms with Crippen LogP contribution in [0, 0.1) is 6.92 Å². The van der Waals surface area contributed by atoms with Crippen LogP contribution >= 0.6 is 15.9 Å². The van der Waals surface area contributed by atoms with Gasteiger partial charge in [-0.25, -0.2) is 0 Å². The molecule has 122 valence electrons. The molecule has 0 aliphatic rings. The fraction of sp³-hybridized carbons (Fsp3) is 0.316. The molecule has 1 N–H and O–H groups in total. The first-order chi connectivity index (χ1) is 11.0. The number of halogens is 1. The number of ether oxygens (including phenoxy) is 1. The van der Waals surface area contributed by atoms with E-state index in [0.29, 0.717) is 11.7 Å². The van der Waals surface area contributed by atoms with Crippen molar-refractivity contribution in [1.29, 1.82) is 0 Å². The van der Waals surface area contributed by atoms with Crippen molar-refractivity contribution in [3.05, 3.63) is 58.1 Å². The number of hydrogen-bond acceptors (Lipinski definition) is 2. The normalized spacial score (nSPS) is 11.8. The van der Waals surface area contributed by atoms with Crippen LogP contribution in [0.3, 0.4) is 0 Å². The monoisotopic (exact) mass is 375 g/mol. The van der Waals surface area contributed by atoms with Gasteiger partial charge in [-0.15, -0.1) is 0 Å². The number of benzene rings is 2. The Kier molecular flexibility index (Phi) is 6.22. The highest BCUT2D eigenvalue weighted by atomic mass is 79.9. The van der Waals surface area contributed by atoms with Gasteiger partial charge in [-0.05, 0) is 70.6 Å². The first-order valence-corrected chi connectivity index (χ1v) is 8.57. The zero-order valence-corrected chi connectivity index (χ0v) is 15.3. The predicted octanol–water partition coefficient (Wildman–Crippen LogP) is 5.29. The maximum absolute atomic E-state index is 12.0. The lowest BCUT2D eigenvalue weighted by molar-refractivity contribution is -0.118. The van der Waals surface area contributed by atoms with Crippen molar-refractivity contribution in [2.75, 3.05) is 11.9 Å². The van der Waals surface area contributed by atoms with Gasteiger partial charge in [0.1, 0.15) is 5.75 Å². The third kappa shape index (κ3) is 5.10. The molecule has 1 amide bonds. The summed E-state index contributed by atoms with van der Waals surface area (Å²) in [7, 11) is 0. The van der Waals surface area contributed by atoms with E-state index < -0.39 is 0 Å². The number of carbonyl (C=O) groups excluding carboxylic acids is 1. The van der Waals surface area contributed by atoms with Crippen LogP contribution in [0.5, 0.6) is 5.75 Å². The third-order valence-electron chi connectivity index (χ3n) is 3.82. The number of nitrogens with one attached hydrogen (secondary N) is 1. The standard InChI is InChI=1S/C19H22BrNO2/c1-4-14(3)15-6-8-16(9-7-15)21-19(22)12-23-18-10-5-13(2)11-17(18)20/h5-11,14H,4,12H2,1-3H3,(H,21,22). The van der Waals surface area contributed by atoms with E-state index in [-0.39, 0.29) is 12.5 Å². The molecule has 1 unspecified atom stereocenters. The van der Waals surface area contributed by atoms with Gasteiger partial charge in [0.2, 0.25) is 0 Å². The molecule has 2 aromatic carbocycles. The van der Waals surface area contributed by atoms with Crippen molar-refractivity contribution < 1.29 is 9.53 Å². The highest BCUT2D eigenvalue weighted by Crippen LogP contribution is 2.25. The Morgan fingerprint density at radius 2 is 1.91 bits per heavy atom. The van der Waals surface area contributed by atoms with Crippen molar-refractivity contribution in [3.63, 3.8) is 0 Å². The van der Waals surface area contributed by atoms with Gasteiger partial charge < -0.3 is 10.1 Å². The van der Waals surface area contributed by atoms with Gasteiger partial charge >= 0.3 is 0 Å². The minimum Gasteiger partial charge on any atom is -0.483 e. The smallest absolute Gasteiger partial charge is 0.262 e. The average Bonchev–Trinajstić information content (AvgIpc) is 2.54. The van der Waals surface area contributed by atoms with Gasteiger partial charge in [-0.2, -0.15) is 0 Å². The number of carbonyl (C=O) groups is 1. The van der Waals surface area contributed by atoms with Crippen molar-refractivity contribution in [2.24, 2.45) is 0 Å². The summed E-state index contributed by atoms with van der Waals surface area (Å²) < 4.78 is 6.40. The summed E-state index contributed by atoms with van der Waals surface area (Å²) in [5, 5.41) is 2.85. The number of anilines is 1. The fourth-order valence-electron chi connectivity index (χ4n) is 2.19. The van der Waals surface area contributed by atoms with Crippen LogP contribution in [0.25, 0.3) is 0 Å². The molecule has 0 bridgehead atoms. The van der Waals surface area contributed by atoms with E-state index in [0.717, 1.165) is 22.1 Å². The van der Waals surface area contributed by atoms with Crippen LogP contribution < -0.4 is 10.1 Å². The predicted molar refractivity (Wildman–Crippen MR) is 98.2 cm³/mol. The molecule has 0 heterocycles. The van der Waals surface area contributed by atoms with Crippen molar-refractivity contribution in [2.45, 2.75) is 33.1 Å². The van der Waals surface area contributed by atoms with Crippen molar-refractivity contribution in [3.8, 4) is 5.75 Å². The maximum Gasteiger partial charge on any atom is 0.262 e. The Labute approximate surface area is 146 Å². The maximum atomic E-state index is 12.0. The van der Waals surface area contributed by atoms with E-state index in [1.807, 2.05) is 37.3 Å². The fourth-order valence-corrected chi connectivity index (χ4v) is 2.80. The van der Waals surface area contributed by atoms with Crippen molar-refractivity contribution in [1.82, 2.24) is 0 Å². The van der Waals surface area contributed by atoms with Crippen LogP contribution in [0.4, 0.5) is 5.69 Å². The largest absolute Gasteiger partial charge is 0.483 e. The molecule has 1 atom stereocenters. The summed E-state index contributed by atoms with van der Waals surface area (Å²) in [6.07, 6.45) is 1.10. The Bertz CT molecular complexity index is 668. The van der Waals surface area contributed by atoms with Crippen LogP contribution in [-0.4, -0.2) is 12.5 Å². The van der Waals surface area contributed by atoms with Gasteiger partial charge in [0.25, 0.3) is 5.91 Å². The van der Waals surface area contributed by atoms with Crippen LogP contribution in [0.1, 0.15) is 37.3 Å². The molecule has 0 spiro atoms. The minimum absolute atomic E-state index is 0.0191. The Morgan fingerprint density at radius 1 is 1.22 bits per heavy atom. The first-order valence-electron chi connectivity index (χ1n) is 7.78. The summed E-state index contributed by atoms with van der Waals surface area (Å²) >= 11 is 3.44. The molecule has 0 aliphatic heterocycles. The highest BCUT2D eigenvalue weighted by molar-refractivity contribution is 9.10. The molecular weight excluding hydrogens is 354 g/mol. The lowest BCUT2D eigenvalue weighted by atomic mass is 9.99. The topological polar surface area (TPSA) is 38.3 Å². The number of aryl methyl sites for hydroxylation is 1. The van der Waals surface area contributed by atoms with Gasteiger partial charge in [0.15, 0.2) is 6.61 Å². The van der Waals surface area contributed by atoms with E-state index in [9.17, 15) is 4.79 Å². The molecule has 0 fully saturated rings. The molecule has 0 saturated carbocycles. The van der Waals surface area contributed by atoms with Crippen LogP contribution in [-0.2, 0) is 4.79 Å². The number of amides is 1. The van der Waals surface area contributed by atoms with Gasteiger partial charge in [-0.1, -0.05) is 32.0 Å².